The van der Waals surface area contributed by atoms with E-state index in [1.54, 1.807) is 0 Å². The van der Waals surface area contributed by atoms with Crippen molar-refractivity contribution in [1.29, 1.82) is 0 Å². The molecule has 5 rings (SSSR count). The van der Waals surface area contributed by atoms with Crippen LogP contribution in [-0.2, 0) is 4.79 Å². The molecule has 23 heavy (non-hydrogen) atoms. The van der Waals surface area contributed by atoms with Crippen LogP contribution in [0.4, 0.5) is 0 Å². The summed E-state index contributed by atoms with van der Waals surface area (Å²) < 4.78 is 2.24. The van der Waals surface area contributed by atoms with E-state index in [0.717, 1.165) is 37.2 Å². The quantitative estimate of drug-likeness (QED) is 0.797. The second kappa shape index (κ2) is 4.97. The smallest absolute Gasteiger partial charge is 0.144 e. The fourth-order valence-corrected chi connectivity index (χ4v) is 6.20. The number of fused-ring (bicyclic) bond motifs is 3. The first-order chi connectivity index (χ1) is 11.3. The minimum Gasteiger partial charge on any atom is -0.322 e. The van der Waals surface area contributed by atoms with Gasteiger partial charge < -0.3 is 4.57 Å². The van der Waals surface area contributed by atoms with Crippen LogP contribution in [0.25, 0.3) is 11.3 Å². The van der Waals surface area contributed by atoms with Gasteiger partial charge in [-0.15, -0.1) is 0 Å². The molecular formula is C19H20N2OS. The molecule has 118 valence electrons. The number of benzene rings is 1. The van der Waals surface area contributed by atoms with Crippen molar-refractivity contribution < 1.29 is 4.79 Å². The minimum absolute atomic E-state index is 0.0196. The molecule has 2 aromatic rings. The number of hydrogen-bond acceptors (Lipinski definition) is 3. The van der Waals surface area contributed by atoms with Crippen LogP contribution in [0.1, 0.15) is 37.3 Å². The van der Waals surface area contributed by atoms with Crippen molar-refractivity contribution in [3.8, 4) is 11.3 Å². The normalized spacial score (nSPS) is 28.1. The van der Waals surface area contributed by atoms with Crippen molar-refractivity contribution >= 4 is 17.5 Å². The Kier molecular flexibility index (Phi) is 2.99. The Morgan fingerprint density at radius 3 is 2.87 bits per heavy atom. The molecule has 0 radical (unpaired) electrons. The van der Waals surface area contributed by atoms with E-state index in [2.05, 4.69) is 33.8 Å². The van der Waals surface area contributed by atoms with E-state index in [0.29, 0.717) is 5.78 Å². The zero-order valence-electron chi connectivity index (χ0n) is 13.1. The summed E-state index contributed by atoms with van der Waals surface area (Å²) in [5.74, 6) is 2.94. The number of thioether (sulfide) groups is 1. The number of aromatic nitrogens is 2. The first kappa shape index (κ1) is 13.8. The van der Waals surface area contributed by atoms with Crippen molar-refractivity contribution in [1.82, 2.24) is 9.55 Å². The van der Waals surface area contributed by atoms with Crippen molar-refractivity contribution in [2.75, 3.05) is 11.5 Å². The molecule has 0 amide bonds. The molecule has 1 saturated heterocycles. The lowest BCUT2D eigenvalue weighted by atomic mass is 9.77. The lowest BCUT2D eigenvalue weighted by Crippen LogP contribution is -2.35. The van der Waals surface area contributed by atoms with Gasteiger partial charge in [0.15, 0.2) is 0 Å². The number of rotatable bonds is 1. The number of hydrogen-bond donors (Lipinski definition) is 0. The Labute approximate surface area is 140 Å². The number of carbonyl (C=O) groups excluding carboxylic acids is 1. The average molecular weight is 324 g/mol. The molecule has 1 spiro atoms. The topological polar surface area (TPSA) is 34.9 Å². The van der Waals surface area contributed by atoms with Gasteiger partial charge in [0, 0.05) is 16.9 Å². The van der Waals surface area contributed by atoms with Crippen molar-refractivity contribution in [2.45, 2.75) is 31.7 Å². The van der Waals surface area contributed by atoms with E-state index in [-0.39, 0.29) is 17.4 Å². The van der Waals surface area contributed by atoms with E-state index < -0.39 is 0 Å². The number of Topliss-reactive ketones (excluding diaryl/α,β-unsaturated/α-hetero) is 1. The Bertz CT molecular complexity index is 775. The summed E-state index contributed by atoms with van der Waals surface area (Å²) in [5, 5.41) is 0. The molecule has 3 nitrogen and oxygen atoms in total. The third-order valence-corrected chi connectivity index (χ3v) is 7.13. The molecule has 1 aliphatic carbocycles. The minimum atomic E-state index is -0.0196. The maximum absolute atomic E-state index is 13.4. The van der Waals surface area contributed by atoms with E-state index in [9.17, 15) is 4.79 Å². The van der Waals surface area contributed by atoms with Gasteiger partial charge in [0.2, 0.25) is 0 Å². The first-order valence-electron chi connectivity index (χ1n) is 8.53. The standard InChI is InChI=1S/C19H20N2OS/c22-18-15(5-6-19(18)7-9-23-10-8-19)17-14-4-2-1-3-13(14)16-11-20-12-21(16)17/h1-4,11-12,15,17H,5-10H2. The molecule has 4 heteroatoms. The van der Waals surface area contributed by atoms with E-state index >= 15 is 0 Å². The largest absolute Gasteiger partial charge is 0.322 e. The van der Waals surface area contributed by atoms with Crippen LogP contribution >= 0.6 is 11.8 Å². The Hall–Kier alpha value is -1.55. The second-order valence-corrected chi connectivity index (χ2v) is 8.35. The highest BCUT2D eigenvalue weighted by Gasteiger charge is 2.52. The highest BCUT2D eigenvalue weighted by Crippen LogP contribution is 2.54. The predicted octanol–water partition coefficient (Wildman–Crippen LogP) is 3.95. The molecule has 1 aromatic heterocycles. The van der Waals surface area contributed by atoms with E-state index in [4.69, 9.17) is 0 Å². The third kappa shape index (κ3) is 1.84. The van der Waals surface area contributed by atoms with Gasteiger partial charge >= 0.3 is 0 Å². The SMILES string of the molecule is O=C1C(C2c3ccccc3-c3cncn32)CCC12CCSCC2. The lowest BCUT2D eigenvalue weighted by molar-refractivity contribution is -0.130. The summed E-state index contributed by atoms with van der Waals surface area (Å²) in [6, 6.07) is 8.69. The Morgan fingerprint density at radius 2 is 2.00 bits per heavy atom. The molecular weight excluding hydrogens is 304 g/mol. The van der Waals surface area contributed by atoms with Gasteiger partial charge in [0.25, 0.3) is 0 Å². The van der Waals surface area contributed by atoms with Crippen molar-refractivity contribution in [3.63, 3.8) is 0 Å². The number of imidazole rings is 1. The fraction of sp³-hybridized carbons (Fsp3) is 0.474. The molecule has 3 aliphatic rings. The Balaban J connectivity index is 1.57. The summed E-state index contributed by atoms with van der Waals surface area (Å²) in [7, 11) is 0. The zero-order chi connectivity index (χ0) is 15.4. The van der Waals surface area contributed by atoms with Gasteiger partial charge in [0.05, 0.1) is 24.3 Å². The van der Waals surface area contributed by atoms with Crippen LogP contribution in [0.15, 0.2) is 36.8 Å². The highest BCUT2D eigenvalue weighted by atomic mass is 32.2. The summed E-state index contributed by atoms with van der Waals surface area (Å²) in [5.41, 5.74) is 3.71. The van der Waals surface area contributed by atoms with Gasteiger partial charge in [-0.05, 0) is 42.8 Å². The number of nitrogens with zero attached hydrogens (tertiary/aromatic N) is 2. The van der Waals surface area contributed by atoms with Crippen molar-refractivity contribution in [3.05, 3.63) is 42.4 Å². The summed E-state index contributed by atoms with van der Waals surface area (Å²) in [6.45, 7) is 0. The van der Waals surface area contributed by atoms with Gasteiger partial charge in [-0.2, -0.15) is 11.8 Å². The van der Waals surface area contributed by atoms with Gasteiger partial charge in [-0.3, -0.25) is 4.79 Å². The average Bonchev–Trinajstić information content (AvgIpc) is 3.25. The summed E-state index contributed by atoms with van der Waals surface area (Å²) >= 11 is 2.00. The third-order valence-electron chi connectivity index (χ3n) is 6.15. The molecule has 2 aliphatic heterocycles. The predicted molar refractivity (Wildman–Crippen MR) is 92.5 cm³/mol. The summed E-state index contributed by atoms with van der Waals surface area (Å²) in [6.07, 6.45) is 8.12. The molecule has 1 aromatic carbocycles. The molecule has 2 fully saturated rings. The van der Waals surface area contributed by atoms with E-state index in [1.807, 2.05) is 24.3 Å². The molecule has 0 bridgehead atoms. The summed E-state index contributed by atoms with van der Waals surface area (Å²) in [4.78, 5) is 17.7. The van der Waals surface area contributed by atoms with Crippen LogP contribution in [0.5, 0.6) is 0 Å². The zero-order valence-corrected chi connectivity index (χ0v) is 13.9. The lowest BCUT2D eigenvalue weighted by Gasteiger charge is -2.32. The van der Waals surface area contributed by atoms with Crippen LogP contribution in [0.2, 0.25) is 0 Å². The maximum atomic E-state index is 13.4. The van der Waals surface area contributed by atoms with E-state index in [1.165, 1.54) is 16.8 Å². The fourth-order valence-electron chi connectivity index (χ4n) is 4.92. The first-order valence-corrected chi connectivity index (χ1v) is 9.69. The van der Waals surface area contributed by atoms with Crippen LogP contribution in [-0.4, -0.2) is 26.8 Å². The van der Waals surface area contributed by atoms with Gasteiger partial charge in [-0.1, -0.05) is 24.3 Å². The molecule has 2 atom stereocenters. The van der Waals surface area contributed by atoms with Crippen LogP contribution in [0, 0.1) is 11.3 Å². The molecule has 2 unspecified atom stereocenters. The van der Waals surface area contributed by atoms with Crippen molar-refractivity contribution in [2.24, 2.45) is 11.3 Å². The van der Waals surface area contributed by atoms with Crippen LogP contribution in [0.3, 0.4) is 0 Å². The van der Waals surface area contributed by atoms with Gasteiger partial charge in [0.1, 0.15) is 5.78 Å². The highest BCUT2D eigenvalue weighted by molar-refractivity contribution is 7.99. The number of ketones is 1. The molecule has 0 N–H and O–H groups in total. The molecule has 1 saturated carbocycles. The van der Waals surface area contributed by atoms with Gasteiger partial charge in [-0.25, -0.2) is 4.98 Å². The second-order valence-electron chi connectivity index (χ2n) is 7.12. The van der Waals surface area contributed by atoms with Crippen LogP contribution < -0.4 is 0 Å². The maximum Gasteiger partial charge on any atom is 0.144 e. The molecule has 3 heterocycles. The number of carbonyl (C=O) groups is 1. The Morgan fingerprint density at radius 1 is 1.17 bits per heavy atom. The monoisotopic (exact) mass is 324 g/mol.